The van der Waals surface area contributed by atoms with Crippen LogP contribution in [0.1, 0.15) is 33.9 Å². The second-order valence-corrected chi connectivity index (χ2v) is 8.03. The number of thiazole rings is 1. The average Bonchev–Trinajstić information content (AvgIpc) is 3.09. The third-order valence-corrected chi connectivity index (χ3v) is 5.44. The van der Waals surface area contributed by atoms with Crippen LogP contribution in [0.2, 0.25) is 0 Å². The topological polar surface area (TPSA) is 53.5 Å². The summed E-state index contributed by atoms with van der Waals surface area (Å²) >= 11 is 1.51. The van der Waals surface area contributed by atoms with E-state index in [2.05, 4.69) is 4.98 Å². The van der Waals surface area contributed by atoms with Crippen LogP contribution in [0.15, 0.2) is 35.7 Å². The van der Waals surface area contributed by atoms with E-state index in [-0.39, 0.29) is 17.6 Å². The predicted molar refractivity (Wildman–Crippen MR) is 103 cm³/mol. The molecule has 0 N–H and O–H groups in total. The lowest BCUT2D eigenvalue weighted by atomic mass is 9.90. The number of hydrogen-bond acceptors (Lipinski definition) is 5. The number of carbonyl (C=O) groups is 2. The second-order valence-electron chi connectivity index (χ2n) is 7.08. The van der Waals surface area contributed by atoms with Gasteiger partial charge >= 0.3 is 0 Å². The molecule has 2 heterocycles. The Bertz CT molecular complexity index is 757. The van der Waals surface area contributed by atoms with Gasteiger partial charge in [0.05, 0.1) is 0 Å². The Hall–Kier alpha value is -2.05. The normalized spacial score (nSPS) is 17.5. The van der Waals surface area contributed by atoms with Crippen molar-refractivity contribution in [3.63, 3.8) is 0 Å². The maximum absolute atomic E-state index is 12.8. The first-order valence-corrected chi connectivity index (χ1v) is 9.86. The molecule has 138 valence electrons. The fourth-order valence-corrected chi connectivity index (χ4v) is 4.17. The standard InChI is InChI=1S/C20H25N3O2S/c1-22(2)13-19-21-17(14-26-19)20(25)23-10-6-9-16(12-23)18(24)11-15-7-4-3-5-8-15/h3-5,7-8,14,16H,6,9-13H2,1-2H3/t16-/m1/s1. The quantitative estimate of drug-likeness (QED) is 0.784. The van der Waals surface area contributed by atoms with Gasteiger partial charge in [0.15, 0.2) is 0 Å². The van der Waals surface area contributed by atoms with Crippen molar-refractivity contribution in [2.24, 2.45) is 5.92 Å². The minimum atomic E-state index is -0.0761. The van der Waals surface area contributed by atoms with E-state index in [4.69, 9.17) is 0 Å². The van der Waals surface area contributed by atoms with Crippen LogP contribution in [0, 0.1) is 5.92 Å². The summed E-state index contributed by atoms with van der Waals surface area (Å²) in [5.74, 6) is 0.0940. The van der Waals surface area contributed by atoms with Crippen molar-refractivity contribution >= 4 is 23.0 Å². The molecular weight excluding hydrogens is 346 g/mol. The summed E-state index contributed by atoms with van der Waals surface area (Å²) < 4.78 is 0. The van der Waals surface area contributed by atoms with Gasteiger partial charge in [-0.3, -0.25) is 9.59 Å². The molecule has 2 aromatic rings. The Morgan fingerprint density at radius 3 is 2.77 bits per heavy atom. The molecule has 0 bridgehead atoms. The summed E-state index contributed by atoms with van der Waals surface area (Å²) in [7, 11) is 3.97. The molecule has 6 heteroatoms. The highest BCUT2D eigenvalue weighted by Crippen LogP contribution is 2.22. The molecule has 3 rings (SSSR count). The van der Waals surface area contributed by atoms with Crippen LogP contribution in [0.4, 0.5) is 0 Å². The Morgan fingerprint density at radius 2 is 2.04 bits per heavy atom. The van der Waals surface area contributed by atoms with Gasteiger partial charge in [-0.15, -0.1) is 11.3 Å². The van der Waals surface area contributed by atoms with E-state index < -0.39 is 0 Å². The smallest absolute Gasteiger partial charge is 0.273 e. The Kier molecular flexibility index (Phi) is 6.16. The highest BCUT2D eigenvalue weighted by atomic mass is 32.1. The molecule has 0 spiro atoms. The lowest BCUT2D eigenvalue weighted by Crippen LogP contribution is -2.42. The lowest BCUT2D eigenvalue weighted by molar-refractivity contribution is -0.123. The number of ketones is 1. The molecule has 1 aromatic carbocycles. The van der Waals surface area contributed by atoms with Gasteiger partial charge in [0.25, 0.3) is 5.91 Å². The lowest BCUT2D eigenvalue weighted by Gasteiger charge is -2.31. The molecule has 1 fully saturated rings. The number of amides is 1. The van der Waals surface area contributed by atoms with Gasteiger partial charge in [-0.1, -0.05) is 30.3 Å². The SMILES string of the molecule is CN(C)Cc1nc(C(=O)N2CCC[C@@H](C(=O)Cc3ccccc3)C2)cs1. The van der Waals surface area contributed by atoms with E-state index in [0.29, 0.717) is 25.2 Å². The number of piperidine rings is 1. The first-order valence-electron chi connectivity index (χ1n) is 8.98. The molecular formula is C20H25N3O2S. The van der Waals surface area contributed by atoms with E-state index in [0.717, 1.165) is 30.0 Å². The summed E-state index contributed by atoms with van der Waals surface area (Å²) in [5.41, 5.74) is 1.54. The zero-order valence-electron chi connectivity index (χ0n) is 15.4. The van der Waals surface area contributed by atoms with E-state index in [1.165, 1.54) is 11.3 Å². The van der Waals surface area contributed by atoms with Gasteiger partial charge in [0, 0.05) is 37.4 Å². The Morgan fingerprint density at radius 1 is 1.27 bits per heavy atom. The van der Waals surface area contributed by atoms with Crippen LogP contribution < -0.4 is 0 Å². The zero-order chi connectivity index (χ0) is 18.5. The zero-order valence-corrected chi connectivity index (χ0v) is 16.2. The molecule has 1 aliphatic rings. The largest absolute Gasteiger partial charge is 0.337 e. The Balaban J connectivity index is 1.61. The molecule has 0 unspecified atom stereocenters. The maximum atomic E-state index is 12.8. The minimum absolute atomic E-state index is 0.0523. The molecule has 1 atom stereocenters. The first-order chi connectivity index (χ1) is 12.5. The number of hydrogen-bond donors (Lipinski definition) is 0. The van der Waals surface area contributed by atoms with Crippen LogP contribution in [0.25, 0.3) is 0 Å². The maximum Gasteiger partial charge on any atom is 0.273 e. The fourth-order valence-electron chi connectivity index (χ4n) is 3.28. The molecule has 1 aliphatic heterocycles. The van der Waals surface area contributed by atoms with Gasteiger partial charge in [-0.2, -0.15) is 0 Å². The van der Waals surface area contributed by atoms with Crippen molar-refractivity contribution in [3.05, 3.63) is 52.0 Å². The van der Waals surface area contributed by atoms with Crippen molar-refractivity contribution in [1.82, 2.24) is 14.8 Å². The van der Waals surface area contributed by atoms with Crippen LogP contribution in [-0.4, -0.2) is 53.7 Å². The van der Waals surface area contributed by atoms with E-state index >= 15 is 0 Å². The predicted octanol–water partition coefficient (Wildman–Crippen LogP) is 2.87. The third kappa shape index (κ3) is 4.77. The van der Waals surface area contributed by atoms with Crippen molar-refractivity contribution < 1.29 is 9.59 Å². The van der Waals surface area contributed by atoms with Crippen molar-refractivity contribution in [1.29, 1.82) is 0 Å². The van der Waals surface area contributed by atoms with Crippen LogP contribution in [0.5, 0.6) is 0 Å². The van der Waals surface area contributed by atoms with Gasteiger partial charge in [-0.25, -0.2) is 4.98 Å². The first kappa shape index (κ1) is 18.7. The van der Waals surface area contributed by atoms with Crippen LogP contribution in [-0.2, 0) is 17.8 Å². The van der Waals surface area contributed by atoms with E-state index in [1.54, 1.807) is 4.90 Å². The molecule has 1 saturated heterocycles. The second kappa shape index (κ2) is 8.56. The number of benzene rings is 1. The molecule has 0 radical (unpaired) electrons. The summed E-state index contributed by atoms with van der Waals surface area (Å²) in [4.78, 5) is 33.7. The number of carbonyl (C=O) groups excluding carboxylic acids is 2. The van der Waals surface area contributed by atoms with E-state index in [9.17, 15) is 9.59 Å². The van der Waals surface area contributed by atoms with Crippen LogP contribution >= 0.6 is 11.3 Å². The number of likely N-dealkylation sites (tertiary alicyclic amines) is 1. The number of Topliss-reactive ketones (excluding diaryl/α,β-unsaturated/α-hetero) is 1. The van der Waals surface area contributed by atoms with Gasteiger partial charge in [-0.05, 0) is 32.5 Å². The highest BCUT2D eigenvalue weighted by molar-refractivity contribution is 7.09. The van der Waals surface area contributed by atoms with Crippen molar-refractivity contribution in [3.8, 4) is 0 Å². The van der Waals surface area contributed by atoms with Gasteiger partial charge < -0.3 is 9.80 Å². The monoisotopic (exact) mass is 371 g/mol. The summed E-state index contributed by atoms with van der Waals surface area (Å²) in [6.45, 7) is 1.94. The van der Waals surface area contributed by atoms with Crippen molar-refractivity contribution in [2.75, 3.05) is 27.2 Å². The number of nitrogens with zero attached hydrogens (tertiary/aromatic N) is 3. The molecule has 1 amide bonds. The molecule has 0 aliphatic carbocycles. The Labute approximate surface area is 158 Å². The summed E-state index contributed by atoms with van der Waals surface area (Å²) in [6.07, 6.45) is 2.17. The van der Waals surface area contributed by atoms with Gasteiger partial charge in [0.1, 0.15) is 16.5 Å². The van der Waals surface area contributed by atoms with Gasteiger partial charge in [0.2, 0.25) is 0 Å². The molecule has 0 saturated carbocycles. The van der Waals surface area contributed by atoms with E-state index in [1.807, 2.05) is 54.7 Å². The molecule has 5 nitrogen and oxygen atoms in total. The fraction of sp³-hybridized carbons (Fsp3) is 0.450. The summed E-state index contributed by atoms with van der Waals surface area (Å²) in [6, 6.07) is 9.81. The summed E-state index contributed by atoms with van der Waals surface area (Å²) in [5, 5.41) is 2.77. The minimum Gasteiger partial charge on any atom is -0.337 e. The number of rotatable bonds is 6. The third-order valence-electron chi connectivity index (χ3n) is 4.61. The van der Waals surface area contributed by atoms with Crippen molar-refractivity contribution in [2.45, 2.75) is 25.8 Å². The van der Waals surface area contributed by atoms with Crippen LogP contribution in [0.3, 0.4) is 0 Å². The highest BCUT2D eigenvalue weighted by Gasteiger charge is 2.29. The number of aromatic nitrogens is 1. The average molecular weight is 372 g/mol. The molecule has 26 heavy (non-hydrogen) atoms. The molecule has 1 aromatic heterocycles.